The van der Waals surface area contributed by atoms with Crippen LogP contribution in [0.5, 0.6) is 17.2 Å². The molecule has 1 aromatic carbocycles. The van der Waals surface area contributed by atoms with E-state index in [1.165, 1.54) is 0 Å². The van der Waals surface area contributed by atoms with Crippen LogP contribution < -0.4 is 24.8 Å². The van der Waals surface area contributed by atoms with Crippen molar-refractivity contribution in [1.29, 1.82) is 0 Å². The zero-order chi connectivity index (χ0) is 18.5. The maximum absolute atomic E-state index is 5.37. The number of aromatic nitrogens is 3. The predicted molar refractivity (Wildman–Crippen MR) is 101 cm³/mol. The molecule has 0 saturated heterocycles. The van der Waals surface area contributed by atoms with Gasteiger partial charge in [-0.2, -0.15) is 0 Å². The SMILES string of the molecule is CCNc1ccc2ncc(Nc3cc(OC)c(OC)c(OC)c3)nc2n1. The monoisotopic (exact) mass is 355 g/mol. The lowest BCUT2D eigenvalue weighted by Crippen LogP contribution is -2.02. The Morgan fingerprint density at radius 3 is 2.23 bits per heavy atom. The van der Waals surface area contributed by atoms with Crippen molar-refractivity contribution in [1.82, 2.24) is 15.0 Å². The smallest absolute Gasteiger partial charge is 0.203 e. The van der Waals surface area contributed by atoms with Crippen molar-refractivity contribution in [2.24, 2.45) is 0 Å². The van der Waals surface area contributed by atoms with Gasteiger partial charge in [-0.1, -0.05) is 0 Å². The van der Waals surface area contributed by atoms with Gasteiger partial charge in [0.2, 0.25) is 5.75 Å². The molecule has 0 bridgehead atoms. The van der Waals surface area contributed by atoms with Crippen molar-refractivity contribution in [2.75, 3.05) is 38.5 Å². The maximum atomic E-state index is 5.37. The second-order valence-corrected chi connectivity index (χ2v) is 5.36. The summed E-state index contributed by atoms with van der Waals surface area (Å²) in [6.07, 6.45) is 1.65. The molecule has 0 aliphatic heterocycles. The molecule has 2 N–H and O–H groups in total. The number of nitrogens with one attached hydrogen (secondary N) is 2. The van der Waals surface area contributed by atoms with E-state index >= 15 is 0 Å². The van der Waals surface area contributed by atoms with E-state index in [-0.39, 0.29) is 0 Å². The van der Waals surface area contributed by atoms with Crippen LogP contribution in [-0.2, 0) is 0 Å². The highest BCUT2D eigenvalue weighted by Gasteiger charge is 2.14. The molecule has 26 heavy (non-hydrogen) atoms. The molecule has 3 aromatic rings. The molecule has 0 atom stereocenters. The van der Waals surface area contributed by atoms with E-state index in [4.69, 9.17) is 14.2 Å². The summed E-state index contributed by atoms with van der Waals surface area (Å²) in [4.78, 5) is 13.4. The highest BCUT2D eigenvalue weighted by Crippen LogP contribution is 2.40. The van der Waals surface area contributed by atoms with Crippen molar-refractivity contribution in [2.45, 2.75) is 6.92 Å². The molecule has 0 unspecified atom stereocenters. The van der Waals surface area contributed by atoms with Gasteiger partial charge in [0, 0.05) is 24.4 Å². The lowest BCUT2D eigenvalue weighted by atomic mass is 10.2. The first-order valence-electron chi connectivity index (χ1n) is 8.13. The zero-order valence-electron chi connectivity index (χ0n) is 15.2. The molecular formula is C18H21N5O3. The number of methoxy groups -OCH3 is 3. The molecule has 0 fully saturated rings. The van der Waals surface area contributed by atoms with Gasteiger partial charge in [0.25, 0.3) is 0 Å². The van der Waals surface area contributed by atoms with Crippen LogP contribution in [0.1, 0.15) is 6.92 Å². The van der Waals surface area contributed by atoms with Gasteiger partial charge in [0.15, 0.2) is 23.0 Å². The molecule has 8 heteroatoms. The number of pyridine rings is 1. The number of rotatable bonds is 7. The van der Waals surface area contributed by atoms with Gasteiger partial charge < -0.3 is 24.8 Å². The van der Waals surface area contributed by atoms with Gasteiger partial charge in [0.05, 0.1) is 27.5 Å². The number of nitrogens with zero attached hydrogens (tertiary/aromatic N) is 3. The Balaban J connectivity index is 1.95. The van der Waals surface area contributed by atoms with Gasteiger partial charge in [0.1, 0.15) is 11.3 Å². The Labute approximate surface area is 151 Å². The standard InChI is InChI=1S/C18H21N5O3/c1-5-19-15-7-6-12-18(22-15)23-16(10-20-12)21-11-8-13(24-2)17(26-4)14(9-11)25-3/h6-10H,5H2,1-4H3,(H2,19,21,22,23). The van der Waals surface area contributed by atoms with Gasteiger partial charge in [-0.05, 0) is 19.1 Å². The highest BCUT2D eigenvalue weighted by molar-refractivity contribution is 5.75. The summed E-state index contributed by atoms with van der Waals surface area (Å²) >= 11 is 0. The summed E-state index contributed by atoms with van der Waals surface area (Å²) < 4.78 is 16.1. The summed E-state index contributed by atoms with van der Waals surface area (Å²) in [6, 6.07) is 7.37. The molecule has 0 amide bonds. The summed E-state index contributed by atoms with van der Waals surface area (Å²) in [5.74, 6) is 2.96. The van der Waals surface area contributed by atoms with Crippen LogP contribution in [0.2, 0.25) is 0 Å². The largest absolute Gasteiger partial charge is 0.493 e. The molecule has 0 aliphatic rings. The van der Waals surface area contributed by atoms with Gasteiger partial charge in [-0.25, -0.2) is 15.0 Å². The van der Waals surface area contributed by atoms with Crippen molar-refractivity contribution >= 4 is 28.5 Å². The third kappa shape index (κ3) is 3.53. The molecule has 8 nitrogen and oxygen atoms in total. The molecule has 0 radical (unpaired) electrons. The Hall–Kier alpha value is -3.29. The van der Waals surface area contributed by atoms with E-state index in [9.17, 15) is 0 Å². The zero-order valence-corrected chi connectivity index (χ0v) is 15.2. The van der Waals surface area contributed by atoms with Crippen LogP contribution in [0, 0.1) is 0 Å². The summed E-state index contributed by atoms with van der Waals surface area (Å²) in [7, 11) is 4.71. The number of anilines is 3. The number of hydrogen-bond donors (Lipinski definition) is 2. The summed E-state index contributed by atoms with van der Waals surface area (Å²) in [6.45, 7) is 2.80. The van der Waals surface area contributed by atoms with Crippen LogP contribution in [0.25, 0.3) is 11.2 Å². The van der Waals surface area contributed by atoms with Gasteiger partial charge >= 0.3 is 0 Å². The van der Waals surface area contributed by atoms with Crippen molar-refractivity contribution < 1.29 is 14.2 Å². The van der Waals surface area contributed by atoms with E-state index in [2.05, 4.69) is 25.6 Å². The topological polar surface area (TPSA) is 90.4 Å². The molecule has 0 aliphatic carbocycles. The van der Waals surface area contributed by atoms with Crippen molar-refractivity contribution in [3.63, 3.8) is 0 Å². The fourth-order valence-corrected chi connectivity index (χ4v) is 2.54. The molecular weight excluding hydrogens is 334 g/mol. The van der Waals surface area contributed by atoms with Crippen LogP contribution in [-0.4, -0.2) is 42.8 Å². The van der Waals surface area contributed by atoms with Crippen molar-refractivity contribution in [3.05, 3.63) is 30.5 Å². The van der Waals surface area contributed by atoms with E-state index in [0.717, 1.165) is 23.6 Å². The number of benzene rings is 1. The second-order valence-electron chi connectivity index (χ2n) is 5.36. The lowest BCUT2D eigenvalue weighted by Gasteiger charge is -2.14. The highest BCUT2D eigenvalue weighted by atomic mass is 16.5. The molecule has 0 saturated carbocycles. The molecule has 2 heterocycles. The maximum Gasteiger partial charge on any atom is 0.203 e. The fourth-order valence-electron chi connectivity index (χ4n) is 2.54. The average Bonchev–Trinajstić information content (AvgIpc) is 2.67. The van der Waals surface area contributed by atoms with Gasteiger partial charge in [-0.15, -0.1) is 0 Å². The Morgan fingerprint density at radius 2 is 1.62 bits per heavy atom. The minimum absolute atomic E-state index is 0.530. The molecule has 2 aromatic heterocycles. The molecule has 3 rings (SSSR count). The first kappa shape index (κ1) is 17.5. The Morgan fingerprint density at radius 1 is 0.923 bits per heavy atom. The van der Waals surface area contributed by atoms with Crippen LogP contribution >= 0.6 is 0 Å². The Bertz CT molecular complexity index is 891. The van der Waals surface area contributed by atoms with E-state index in [1.54, 1.807) is 39.7 Å². The third-order valence-corrected chi connectivity index (χ3v) is 3.70. The van der Waals surface area contributed by atoms with E-state index in [1.807, 2.05) is 19.1 Å². The number of fused-ring (bicyclic) bond motifs is 1. The minimum atomic E-state index is 0.530. The molecule has 136 valence electrons. The summed E-state index contributed by atoms with van der Waals surface area (Å²) in [5, 5.41) is 6.36. The average molecular weight is 355 g/mol. The van der Waals surface area contributed by atoms with Crippen LogP contribution in [0.4, 0.5) is 17.3 Å². The lowest BCUT2D eigenvalue weighted by molar-refractivity contribution is 0.324. The first-order chi connectivity index (χ1) is 12.7. The minimum Gasteiger partial charge on any atom is -0.493 e. The summed E-state index contributed by atoms with van der Waals surface area (Å²) in [5.41, 5.74) is 2.01. The third-order valence-electron chi connectivity index (χ3n) is 3.70. The quantitative estimate of drug-likeness (QED) is 0.668. The Kier molecular flexibility index (Phi) is 5.21. The fraction of sp³-hybridized carbons (Fsp3) is 0.278. The van der Waals surface area contributed by atoms with Crippen LogP contribution in [0.15, 0.2) is 30.5 Å². The normalized spacial score (nSPS) is 10.5. The number of hydrogen-bond acceptors (Lipinski definition) is 8. The number of ether oxygens (including phenoxy) is 3. The van der Waals surface area contributed by atoms with Crippen molar-refractivity contribution in [3.8, 4) is 17.2 Å². The predicted octanol–water partition coefficient (Wildman–Crippen LogP) is 3.23. The molecule has 0 spiro atoms. The second kappa shape index (κ2) is 7.73. The first-order valence-corrected chi connectivity index (χ1v) is 8.13. The van der Waals surface area contributed by atoms with E-state index < -0.39 is 0 Å². The van der Waals surface area contributed by atoms with E-state index in [0.29, 0.717) is 28.7 Å². The van der Waals surface area contributed by atoms with Gasteiger partial charge in [-0.3, -0.25) is 0 Å². The van der Waals surface area contributed by atoms with Crippen LogP contribution in [0.3, 0.4) is 0 Å².